The molecule has 1 aromatic carbocycles. The highest BCUT2D eigenvalue weighted by atomic mass is 35.5. The summed E-state index contributed by atoms with van der Waals surface area (Å²) in [5.74, 6) is 0.108. The second-order valence-electron chi connectivity index (χ2n) is 6.73. The van der Waals surface area contributed by atoms with E-state index in [4.69, 9.17) is 11.6 Å². The first-order valence-electron chi connectivity index (χ1n) is 7.24. The second kappa shape index (κ2) is 5.35. The van der Waals surface area contributed by atoms with Crippen LogP contribution in [0.15, 0.2) is 18.2 Å². The van der Waals surface area contributed by atoms with Crippen molar-refractivity contribution < 1.29 is 4.79 Å². The van der Waals surface area contributed by atoms with E-state index in [-0.39, 0.29) is 11.3 Å². The van der Waals surface area contributed by atoms with E-state index >= 15 is 0 Å². The molecule has 4 heteroatoms. The van der Waals surface area contributed by atoms with Gasteiger partial charge in [-0.15, -0.1) is 0 Å². The number of hydrogen-bond acceptors (Lipinski definition) is 2. The van der Waals surface area contributed by atoms with Gasteiger partial charge in [-0.05, 0) is 44.0 Å². The van der Waals surface area contributed by atoms with Crippen molar-refractivity contribution in [2.45, 2.75) is 46.0 Å². The average molecular weight is 305 g/mol. The van der Waals surface area contributed by atoms with Crippen LogP contribution in [0.1, 0.15) is 46.1 Å². The molecule has 0 bridgehead atoms. The third-order valence-corrected chi connectivity index (χ3v) is 4.38. The van der Waals surface area contributed by atoms with Gasteiger partial charge in [0.15, 0.2) is 0 Å². The summed E-state index contributed by atoms with van der Waals surface area (Å²) in [6, 6.07) is 8.03. The smallest absolute Gasteiger partial charge is 0.226 e. The van der Waals surface area contributed by atoms with Gasteiger partial charge in [0.25, 0.3) is 0 Å². The summed E-state index contributed by atoms with van der Waals surface area (Å²) >= 11 is 6.15. The Morgan fingerprint density at radius 3 is 2.76 bits per heavy atom. The minimum atomic E-state index is -0.445. The minimum Gasteiger partial charge on any atom is -0.311 e. The van der Waals surface area contributed by atoms with E-state index in [9.17, 15) is 10.1 Å². The first-order chi connectivity index (χ1) is 9.72. The number of nitrogens with zero attached hydrogens (tertiary/aromatic N) is 2. The molecule has 1 aliphatic heterocycles. The molecule has 2 rings (SSSR count). The summed E-state index contributed by atoms with van der Waals surface area (Å²) in [6.45, 7) is 8.47. The number of anilines is 1. The van der Waals surface area contributed by atoms with Crippen molar-refractivity contribution in [2.24, 2.45) is 5.41 Å². The van der Waals surface area contributed by atoms with Gasteiger partial charge in [-0.25, -0.2) is 0 Å². The molecule has 112 valence electrons. The van der Waals surface area contributed by atoms with Gasteiger partial charge in [0.05, 0.1) is 11.5 Å². The largest absolute Gasteiger partial charge is 0.311 e. The number of carbonyl (C=O) groups excluding carboxylic acids is 1. The lowest BCUT2D eigenvalue weighted by atomic mass is 9.72. The van der Waals surface area contributed by atoms with Crippen molar-refractivity contribution in [1.82, 2.24) is 0 Å². The molecular weight excluding hydrogens is 284 g/mol. The Bertz CT molecular complexity index is 618. The summed E-state index contributed by atoms with van der Waals surface area (Å²) in [5.41, 5.74) is 1.31. The summed E-state index contributed by atoms with van der Waals surface area (Å²) in [5, 5.41) is 10.0. The molecule has 1 aliphatic rings. The number of halogens is 1. The molecule has 0 spiro atoms. The van der Waals surface area contributed by atoms with E-state index in [0.29, 0.717) is 24.4 Å². The summed E-state index contributed by atoms with van der Waals surface area (Å²) in [7, 11) is 0. The van der Waals surface area contributed by atoms with Gasteiger partial charge in [0.2, 0.25) is 5.91 Å². The highest BCUT2D eigenvalue weighted by Crippen LogP contribution is 2.47. The monoisotopic (exact) mass is 304 g/mol. The molecular formula is C17H21ClN2O. The Kier molecular flexibility index (Phi) is 4.04. The molecule has 21 heavy (non-hydrogen) atoms. The van der Waals surface area contributed by atoms with Crippen LogP contribution in [0.5, 0.6) is 0 Å². The van der Waals surface area contributed by atoms with E-state index in [1.165, 1.54) is 0 Å². The van der Waals surface area contributed by atoms with Crippen molar-refractivity contribution >= 4 is 23.2 Å². The lowest BCUT2D eigenvalue weighted by Crippen LogP contribution is -2.37. The fourth-order valence-corrected chi connectivity index (χ4v) is 3.50. The Hall–Kier alpha value is -1.53. The highest BCUT2D eigenvalue weighted by molar-refractivity contribution is 6.30. The lowest BCUT2D eigenvalue weighted by molar-refractivity contribution is -0.118. The Labute approximate surface area is 131 Å². The minimum absolute atomic E-state index is 0.108. The number of carbonyl (C=O) groups is 1. The van der Waals surface area contributed by atoms with Gasteiger partial charge < -0.3 is 4.90 Å². The Morgan fingerprint density at radius 2 is 2.19 bits per heavy atom. The van der Waals surface area contributed by atoms with Crippen LogP contribution in [0, 0.1) is 16.7 Å². The zero-order valence-electron chi connectivity index (χ0n) is 13.0. The van der Waals surface area contributed by atoms with Gasteiger partial charge in [0.1, 0.15) is 0 Å². The zero-order valence-corrected chi connectivity index (χ0v) is 13.8. The molecule has 3 nitrogen and oxygen atoms in total. The molecule has 0 fully saturated rings. The van der Waals surface area contributed by atoms with Crippen molar-refractivity contribution in [1.29, 1.82) is 5.26 Å². The van der Waals surface area contributed by atoms with E-state index in [1.807, 2.05) is 43.9 Å². The fraction of sp³-hybridized carbons (Fsp3) is 0.529. The third-order valence-electron chi connectivity index (χ3n) is 4.14. The first kappa shape index (κ1) is 15.9. The third kappa shape index (κ3) is 2.91. The predicted octanol–water partition coefficient (Wildman–Crippen LogP) is 4.29. The van der Waals surface area contributed by atoms with Crippen molar-refractivity contribution in [3.8, 4) is 6.07 Å². The zero-order chi connectivity index (χ0) is 15.8. The predicted molar refractivity (Wildman–Crippen MR) is 85.5 cm³/mol. The molecule has 1 heterocycles. The maximum absolute atomic E-state index is 12.2. The van der Waals surface area contributed by atoms with E-state index < -0.39 is 5.41 Å². The number of benzene rings is 1. The maximum Gasteiger partial charge on any atom is 0.226 e. The normalized spacial score (nSPS) is 21.0. The quantitative estimate of drug-likeness (QED) is 0.836. The van der Waals surface area contributed by atoms with Crippen LogP contribution in [-0.2, 0) is 10.2 Å². The lowest BCUT2D eigenvalue weighted by Gasteiger charge is -2.31. The summed E-state index contributed by atoms with van der Waals surface area (Å²) in [4.78, 5) is 14.0. The van der Waals surface area contributed by atoms with Crippen molar-refractivity contribution in [3.63, 3.8) is 0 Å². The molecule has 0 aliphatic carbocycles. The standard InChI is InChI=1S/C17H21ClN2O/c1-5-15(21)20-11-17(4,9-16(2,3)10-19)13-8-12(18)6-7-14(13)20/h6-8H,5,9,11H2,1-4H3. The Morgan fingerprint density at radius 1 is 1.52 bits per heavy atom. The fourth-order valence-electron chi connectivity index (χ4n) is 3.33. The second-order valence-corrected chi connectivity index (χ2v) is 7.16. The number of fused-ring (bicyclic) bond motifs is 1. The molecule has 0 saturated heterocycles. The Balaban J connectivity index is 2.50. The highest BCUT2D eigenvalue weighted by Gasteiger charge is 2.44. The molecule has 0 N–H and O–H groups in total. The van der Waals surface area contributed by atoms with Gasteiger partial charge in [-0.2, -0.15) is 5.26 Å². The average Bonchev–Trinajstić information content (AvgIpc) is 2.70. The van der Waals surface area contributed by atoms with Crippen LogP contribution in [0.25, 0.3) is 0 Å². The molecule has 1 amide bonds. The van der Waals surface area contributed by atoms with E-state index in [0.717, 1.165) is 11.3 Å². The van der Waals surface area contributed by atoms with Crippen LogP contribution < -0.4 is 4.90 Å². The van der Waals surface area contributed by atoms with Gasteiger partial charge in [-0.1, -0.05) is 25.4 Å². The summed E-state index contributed by atoms with van der Waals surface area (Å²) in [6.07, 6.45) is 1.16. The first-order valence-corrected chi connectivity index (χ1v) is 7.62. The molecule has 0 saturated carbocycles. The number of hydrogen-bond donors (Lipinski definition) is 0. The molecule has 0 radical (unpaired) electrons. The number of amides is 1. The number of nitriles is 1. The maximum atomic E-state index is 12.2. The van der Waals surface area contributed by atoms with Crippen LogP contribution in [-0.4, -0.2) is 12.5 Å². The molecule has 0 aromatic heterocycles. The van der Waals surface area contributed by atoms with E-state index in [1.54, 1.807) is 0 Å². The van der Waals surface area contributed by atoms with Crippen LogP contribution in [0.3, 0.4) is 0 Å². The van der Waals surface area contributed by atoms with Gasteiger partial charge in [0, 0.05) is 29.1 Å². The summed E-state index contributed by atoms with van der Waals surface area (Å²) < 4.78 is 0. The van der Waals surface area contributed by atoms with Gasteiger partial charge in [-0.3, -0.25) is 4.79 Å². The van der Waals surface area contributed by atoms with Crippen LogP contribution in [0.2, 0.25) is 5.02 Å². The molecule has 1 atom stereocenters. The number of rotatable bonds is 3. The van der Waals surface area contributed by atoms with Crippen molar-refractivity contribution in [2.75, 3.05) is 11.4 Å². The SMILES string of the molecule is CCC(=O)N1CC(C)(CC(C)(C)C#N)c2cc(Cl)ccc21. The molecule has 1 unspecified atom stereocenters. The van der Waals surface area contributed by atoms with Gasteiger partial charge >= 0.3 is 0 Å². The molecule has 1 aromatic rings. The van der Waals surface area contributed by atoms with Crippen molar-refractivity contribution in [3.05, 3.63) is 28.8 Å². The van der Waals surface area contributed by atoms with Crippen LogP contribution in [0.4, 0.5) is 5.69 Å². The topological polar surface area (TPSA) is 44.1 Å². The van der Waals surface area contributed by atoms with Crippen LogP contribution >= 0.6 is 11.6 Å². The van der Waals surface area contributed by atoms with E-state index in [2.05, 4.69) is 13.0 Å².